The average Bonchev–Trinajstić information content (AvgIpc) is 2.51. The van der Waals surface area contributed by atoms with Gasteiger partial charge in [0.1, 0.15) is 5.82 Å². The third-order valence-electron chi connectivity index (χ3n) is 3.64. The number of piperazine rings is 1. The number of benzene rings is 1. The average molecular weight is 364 g/mol. The minimum absolute atomic E-state index is 0.128. The Morgan fingerprint density at radius 3 is 2.65 bits per heavy atom. The minimum Gasteiger partial charge on any atom is -0.339 e. The lowest BCUT2D eigenvalue weighted by Crippen LogP contribution is -2.49. The van der Waals surface area contributed by atoms with Crippen LogP contribution in [-0.4, -0.2) is 63.3 Å². The fraction of sp³-hybridized carbons (Fsp3) is 0.500. The first-order chi connectivity index (χ1) is 10.8. The molecular weight excluding hydrogens is 345 g/mol. The third kappa shape index (κ3) is 4.87. The summed E-state index contributed by atoms with van der Waals surface area (Å²) in [7, 11) is -2.33. The van der Waals surface area contributed by atoms with Crippen molar-refractivity contribution in [2.75, 3.05) is 39.8 Å². The van der Waals surface area contributed by atoms with E-state index in [2.05, 4.69) is 5.32 Å². The van der Waals surface area contributed by atoms with E-state index >= 15 is 0 Å². The molecule has 1 heterocycles. The number of halogens is 2. The van der Waals surface area contributed by atoms with Crippen molar-refractivity contribution >= 4 is 27.5 Å². The molecule has 1 saturated heterocycles. The Balaban J connectivity index is 2.00. The van der Waals surface area contributed by atoms with Crippen LogP contribution in [0.5, 0.6) is 0 Å². The van der Waals surface area contributed by atoms with Gasteiger partial charge in [-0.2, -0.15) is 4.31 Å². The normalized spacial score (nSPS) is 15.9. The van der Waals surface area contributed by atoms with E-state index in [4.69, 9.17) is 11.6 Å². The second-order valence-corrected chi connectivity index (χ2v) is 7.87. The van der Waals surface area contributed by atoms with Crippen LogP contribution in [0.2, 0.25) is 5.02 Å². The molecule has 0 spiro atoms. The van der Waals surface area contributed by atoms with Crippen molar-refractivity contribution < 1.29 is 17.6 Å². The predicted molar refractivity (Wildman–Crippen MR) is 86.1 cm³/mol. The van der Waals surface area contributed by atoms with Crippen LogP contribution in [0.1, 0.15) is 5.56 Å². The Labute approximate surface area is 140 Å². The monoisotopic (exact) mass is 363 g/mol. The summed E-state index contributed by atoms with van der Waals surface area (Å²) < 4.78 is 38.8. The summed E-state index contributed by atoms with van der Waals surface area (Å²) in [6, 6.07) is 3.77. The number of sulfonamides is 1. The highest BCUT2D eigenvalue weighted by molar-refractivity contribution is 7.88. The number of likely N-dealkylation sites (N-methyl/N-ethyl adjacent to an activating group) is 1. The highest BCUT2D eigenvalue weighted by Gasteiger charge is 2.24. The quantitative estimate of drug-likeness (QED) is 0.835. The van der Waals surface area contributed by atoms with Gasteiger partial charge in [0.15, 0.2) is 0 Å². The maximum Gasteiger partial charge on any atom is 0.237 e. The summed E-state index contributed by atoms with van der Waals surface area (Å²) in [4.78, 5) is 13.8. The molecule has 2 rings (SSSR count). The molecule has 0 aromatic heterocycles. The Hall–Kier alpha value is -1.22. The van der Waals surface area contributed by atoms with Gasteiger partial charge < -0.3 is 10.2 Å². The number of nitrogens with zero attached hydrogens (tertiary/aromatic N) is 2. The molecule has 0 atom stereocenters. The summed E-state index contributed by atoms with van der Waals surface area (Å²) in [6.07, 6.45) is 0. The topological polar surface area (TPSA) is 69.7 Å². The molecule has 128 valence electrons. The molecule has 23 heavy (non-hydrogen) atoms. The molecule has 9 heteroatoms. The molecular formula is C14H19ClFN3O3S. The van der Waals surface area contributed by atoms with E-state index in [1.54, 1.807) is 4.90 Å². The number of carbonyl (C=O) groups excluding carboxylic acids is 1. The van der Waals surface area contributed by atoms with E-state index in [-0.39, 0.29) is 23.2 Å². The van der Waals surface area contributed by atoms with Crippen LogP contribution in [0, 0.1) is 5.82 Å². The Morgan fingerprint density at radius 2 is 2.04 bits per heavy atom. The second kappa shape index (κ2) is 7.57. The SMILES string of the molecule is CN(CC(=O)N1CCNCC1)S(=O)(=O)Cc1ccc(F)c(Cl)c1. The summed E-state index contributed by atoms with van der Waals surface area (Å²) in [5.74, 6) is -1.16. The third-order valence-corrected chi connectivity index (χ3v) is 5.70. The molecule has 0 bridgehead atoms. The fourth-order valence-corrected chi connectivity index (χ4v) is 3.58. The molecule has 1 aromatic carbocycles. The van der Waals surface area contributed by atoms with E-state index in [0.29, 0.717) is 31.7 Å². The van der Waals surface area contributed by atoms with Gasteiger partial charge in [0.05, 0.1) is 17.3 Å². The standard InChI is InChI=1S/C14H19ClFN3O3S/c1-18(9-14(20)19-6-4-17-5-7-19)23(21,22)10-11-2-3-13(16)12(15)8-11/h2-3,8,17H,4-7,9-10H2,1H3. The van der Waals surface area contributed by atoms with E-state index in [1.807, 2.05) is 0 Å². The molecule has 1 aliphatic rings. The maximum absolute atomic E-state index is 13.1. The largest absolute Gasteiger partial charge is 0.339 e. The van der Waals surface area contributed by atoms with Crippen molar-refractivity contribution in [3.05, 3.63) is 34.6 Å². The van der Waals surface area contributed by atoms with Gasteiger partial charge in [0.25, 0.3) is 0 Å². The predicted octanol–water partition coefficient (Wildman–Crippen LogP) is 0.673. The second-order valence-electron chi connectivity index (χ2n) is 5.39. The van der Waals surface area contributed by atoms with Gasteiger partial charge in [0.2, 0.25) is 15.9 Å². The molecule has 0 aliphatic carbocycles. The first-order valence-electron chi connectivity index (χ1n) is 7.16. The van der Waals surface area contributed by atoms with E-state index in [9.17, 15) is 17.6 Å². The molecule has 1 N–H and O–H groups in total. The van der Waals surface area contributed by atoms with Crippen LogP contribution in [0.25, 0.3) is 0 Å². The van der Waals surface area contributed by atoms with Crippen LogP contribution >= 0.6 is 11.6 Å². The van der Waals surface area contributed by atoms with Crippen LogP contribution in [0.15, 0.2) is 18.2 Å². The molecule has 6 nitrogen and oxygen atoms in total. The van der Waals surface area contributed by atoms with E-state index < -0.39 is 15.8 Å². The van der Waals surface area contributed by atoms with Gasteiger partial charge in [-0.15, -0.1) is 0 Å². The maximum atomic E-state index is 13.1. The van der Waals surface area contributed by atoms with E-state index in [0.717, 1.165) is 10.4 Å². The summed E-state index contributed by atoms with van der Waals surface area (Å²) >= 11 is 5.66. The number of hydrogen-bond donors (Lipinski definition) is 1. The fourth-order valence-electron chi connectivity index (χ4n) is 2.25. The Bertz CT molecular complexity index is 678. The van der Waals surface area contributed by atoms with E-state index in [1.165, 1.54) is 19.2 Å². The van der Waals surface area contributed by atoms with Crippen molar-refractivity contribution in [2.45, 2.75) is 5.75 Å². The van der Waals surface area contributed by atoms with Crippen LogP contribution in [-0.2, 0) is 20.6 Å². The summed E-state index contributed by atoms with van der Waals surface area (Å²) in [5.41, 5.74) is 0.373. The van der Waals surface area contributed by atoms with Gasteiger partial charge in [-0.05, 0) is 17.7 Å². The van der Waals surface area contributed by atoms with Crippen molar-refractivity contribution in [1.29, 1.82) is 0 Å². The zero-order valence-electron chi connectivity index (χ0n) is 12.8. The van der Waals surface area contributed by atoms with Gasteiger partial charge in [-0.25, -0.2) is 12.8 Å². The number of carbonyl (C=O) groups is 1. The molecule has 0 radical (unpaired) electrons. The molecule has 1 aromatic rings. The van der Waals surface area contributed by atoms with Crippen molar-refractivity contribution in [3.63, 3.8) is 0 Å². The number of hydrogen-bond acceptors (Lipinski definition) is 4. The molecule has 0 saturated carbocycles. The highest BCUT2D eigenvalue weighted by atomic mass is 35.5. The van der Waals surface area contributed by atoms with Gasteiger partial charge in [-0.3, -0.25) is 4.79 Å². The van der Waals surface area contributed by atoms with Gasteiger partial charge in [0, 0.05) is 33.2 Å². The van der Waals surface area contributed by atoms with Crippen LogP contribution in [0.3, 0.4) is 0 Å². The Morgan fingerprint density at radius 1 is 1.39 bits per heavy atom. The van der Waals surface area contributed by atoms with Crippen molar-refractivity contribution in [2.24, 2.45) is 0 Å². The lowest BCUT2D eigenvalue weighted by atomic mass is 10.2. The van der Waals surface area contributed by atoms with Gasteiger partial charge in [-0.1, -0.05) is 17.7 Å². The van der Waals surface area contributed by atoms with Crippen molar-refractivity contribution in [1.82, 2.24) is 14.5 Å². The number of amides is 1. The Kier molecular flexibility index (Phi) is 5.96. The zero-order chi connectivity index (χ0) is 17.0. The molecule has 1 fully saturated rings. The lowest BCUT2D eigenvalue weighted by molar-refractivity contribution is -0.131. The van der Waals surface area contributed by atoms with Crippen LogP contribution < -0.4 is 5.32 Å². The molecule has 1 amide bonds. The number of rotatable bonds is 5. The smallest absolute Gasteiger partial charge is 0.237 e. The summed E-state index contributed by atoms with van der Waals surface area (Å²) in [5, 5.41) is 3.00. The first kappa shape index (κ1) is 18.1. The highest BCUT2D eigenvalue weighted by Crippen LogP contribution is 2.18. The molecule has 0 unspecified atom stereocenters. The zero-order valence-corrected chi connectivity index (χ0v) is 14.3. The lowest BCUT2D eigenvalue weighted by Gasteiger charge is -2.29. The minimum atomic E-state index is -3.69. The van der Waals surface area contributed by atoms with Crippen LogP contribution in [0.4, 0.5) is 4.39 Å². The first-order valence-corrected chi connectivity index (χ1v) is 9.15. The molecule has 1 aliphatic heterocycles. The summed E-state index contributed by atoms with van der Waals surface area (Å²) in [6.45, 7) is 2.34. The van der Waals surface area contributed by atoms with Crippen molar-refractivity contribution in [3.8, 4) is 0 Å². The number of nitrogens with one attached hydrogen (secondary N) is 1. The van der Waals surface area contributed by atoms with Gasteiger partial charge >= 0.3 is 0 Å².